The number of morpholine rings is 1. The van der Waals surface area contributed by atoms with Crippen LogP contribution in [0, 0.1) is 5.92 Å². The molecule has 2 saturated heterocycles. The second-order valence-corrected chi connectivity index (χ2v) is 9.48. The molecule has 6 rings (SSSR count). The minimum absolute atomic E-state index is 0.0206. The number of anilines is 1. The van der Waals surface area contributed by atoms with Gasteiger partial charge in [-0.2, -0.15) is 10.2 Å². The number of amides is 1. The number of rotatable bonds is 6. The average Bonchev–Trinajstić information content (AvgIpc) is 3.66. The average molecular weight is 485 g/mol. The number of carbonyl (C=O) groups excluding carboxylic acids is 2. The number of nitrogens with zero attached hydrogens (tertiary/aromatic N) is 6. The smallest absolute Gasteiger partial charge is 0.284 e. The molecule has 3 aliphatic rings. The Balaban J connectivity index is 1.24. The van der Waals surface area contributed by atoms with Crippen molar-refractivity contribution in [3.8, 4) is 0 Å². The number of alkyl halides is 2. The third kappa shape index (κ3) is 3.90. The summed E-state index contributed by atoms with van der Waals surface area (Å²) < 4.78 is 36.4. The number of nitrogens with one attached hydrogen (secondary N) is 1. The van der Waals surface area contributed by atoms with E-state index in [4.69, 9.17) is 4.74 Å². The van der Waals surface area contributed by atoms with Crippen LogP contribution in [0.1, 0.15) is 54.2 Å². The molecule has 10 nitrogen and oxygen atoms in total. The van der Waals surface area contributed by atoms with E-state index in [1.165, 1.54) is 27.8 Å². The van der Waals surface area contributed by atoms with E-state index in [9.17, 15) is 18.4 Å². The molecule has 5 heterocycles. The zero-order valence-electron chi connectivity index (χ0n) is 18.8. The largest absolute Gasteiger partial charge is 0.375 e. The highest BCUT2D eigenvalue weighted by Crippen LogP contribution is 2.40. The van der Waals surface area contributed by atoms with Crippen molar-refractivity contribution in [1.29, 1.82) is 0 Å². The fraction of sp³-hybridized carbons (Fsp3) is 0.522. The number of fused-ring (bicyclic) bond motifs is 3. The number of ether oxygens (including phenoxy) is 1. The van der Waals surface area contributed by atoms with Crippen molar-refractivity contribution in [2.24, 2.45) is 5.92 Å². The first-order chi connectivity index (χ1) is 17.0. The molecule has 35 heavy (non-hydrogen) atoms. The topological polar surface area (TPSA) is 107 Å². The van der Waals surface area contributed by atoms with Gasteiger partial charge in [-0.15, -0.1) is 0 Å². The van der Waals surface area contributed by atoms with E-state index in [2.05, 4.69) is 25.4 Å². The Morgan fingerprint density at radius 2 is 2.14 bits per heavy atom. The van der Waals surface area contributed by atoms with Crippen LogP contribution in [0.5, 0.6) is 0 Å². The van der Waals surface area contributed by atoms with Crippen LogP contribution in [0.15, 0.2) is 30.9 Å². The van der Waals surface area contributed by atoms with Gasteiger partial charge in [0.15, 0.2) is 11.3 Å². The third-order valence-electron chi connectivity index (χ3n) is 7.50. The van der Waals surface area contributed by atoms with Crippen LogP contribution >= 0.6 is 0 Å². The first-order valence-electron chi connectivity index (χ1n) is 11.8. The Morgan fingerprint density at radius 3 is 2.89 bits per heavy atom. The van der Waals surface area contributed by atoms with Gasteiger partial charge in [-0.3, -0.25) is 14.4 Å². The highest BCUT2D eigenvalue weighted by atomic mass is 19.3. The molecule has 1 N–H and O–H groups in total. The minimum Gasteiger partial charge on any atom is -0.375 e. The molecule has 2 bridgehead atoms. The molecule has 3 aromatic heterocycles. The predicted molar refractivity (Wildman–Crippen MR) is 119 cm³/mol. The van der Waals surface area contributed by atoms with Gasteiger partial charge >= 0.3 is 0 Å². The minimum atomic E-state index is -2.86. The van der Waals surface area contributed by atoms with Crippen molar-refractivity contribution in [3.63, 3.8) is 0 Å². The Labute approximate surface area is 199 Å². The molecular formula is C23H25F2N7O3. The molecule has 2 aliphatic heterocycles. The summed E-state index contributed by atoms with van der Waals surface area (Å²) in [5.41, 5.74) is -0.0141. The molecule has 0 unspecified atom stereocenters. The second-order valence-electron chi connectivity index (χ2n) is 9.48. The second kappa shape index (κ2) is 8.76. The van der Waals surface area contributed by atoms with E-state index in [0.29, 0.717) is 37.6 Å². The molecule has 0 spiro atoms. The highest BCUT2D eigenvalue weighted by Gasteiger charge is 2.46. The summed E-state index contributed by atoms with van der Waals surface area (Å²) in [5.74, 6) is -0.686. The number of likely N-dealkylation sites (tertiary alicyclic amines) is 1. The lowest BCUT2D eigenvalue weighted by Crippen LogP contribution is -2.50. The van der Waals surface area contributed by atoms with Gasteiger partial charge in [0, 0.05) is 43.1 Å². The number of carbonyl (C=O) groups is 2. The maximum atomic E-state index is 13.9. The zero-order chi connectivity index (χ0) is 24.1. The van der Waals surface area contributed by atoms with Gasteiger partial charge in [-0.25, -0.2) is 18.3 Å². The SMILES string of the molecule is O=C[C@@H]1CC[C@@H](n2cc(NC(=O)c3cnn4cccnc34)c(C(F)F)n2)C[C@H]1N1C[C@H]2C[C@@H]1CO2. The van der Waals surface area contributed by atoms with Gasteiger partial charge < -0.3 is 14.8 Å². The van der Waals surface area contributed by atoms with Crippen molar-refractivity contribution in [3.05, 3.63) is 42.1 Å². The number of aldehydes is 1. The maximum Gasteiger partial charge on any atom is 0.284 e. The maximum absolute atomic E-state index is 13.9. The van der Waals surface area contributed by atoms with E-state index < -0.39 is 18.0 Å². The van der Waals surface area contributed by atoms with Crippen molar-refractivity contribution in [2.75, 3.05) is 18.5 Å². The molecule has 1 saturated carbocycles. The van der Waals surface area contributed by atoms with E-state index in [-0.39, 0.29) is 35.4 Å². The lowest BCUT2D eigenvalue weighted by Gasteiger charge is -2.42. The van der Waals surface area contributed by atoms with Gasteiger partial charge in [0.05, 0.1) is 30.6 Å². The molecule has 184 valence electrons. The molecule has 0 radical (unpaired) electrons. The summed E-state index contributed by atoms with van der Waals surface area (Å²) in [6, 6.07) is 1.84. The van der Waals surface area contributed by atoms with Crippen molar-refractivity contribution >= 4 is 23.5 Å². The van der Waals surface area contributed by atoms with Gasteiger partial charge in [0.2, 0.25) is 0 Å². The summed E-state index contributed by atoms with van der Waals surface area (Å²) in [4.78, 5) is 31.2. The first kappa shape index (κ1) is 22.2. The van der Waals surface area contributed by atoms with Crippen LogP contribution in [0.2, 0.25) is 0 Å². The van der Waals surface area contributed by atoms with Crippen LogP contribution < -0.4 is 5.32 Å². The van der Waals surface area contributed by atoms with Crippen LogP contribution in [0.3, 0.4) is 0 Å². The quantitative estimate of drug-likeness (QED) is 0.535. The van der Waals surface area contributed by atoms with Gasteiger partial charge in [-0.05, 0) is 31.7 Å². The van der Waals surface area contributed by atoms with Gasteiger partial charge in [0.25, 0.3) is 12.3 Å². The lowest BCUT2D eigenvalue weighted by molar-refractivity contribution is -0.116. The molecule has 1 aliphatic carbocycles. The molecule has 1 amide bonds. The van der Waals surface area contributed by atoms with Gasteiger partial charge in [-0.1, -0.05) is 0 Å². The Morgan fingerprint density at radius 1 is 1.26 bits per heavy atom. The number of halogens is 2. The number of hydrogen-bond acceptors (Lipinski definition) is 7. The fourth-order valence-electron chi connectivity index (χ4n) is 5.79. The van der Waals surface area contributed by atoms with E-state index >= 15 is 0 Å². The standard InChI is InChI=1S/C23H25F2N7O3/c24-21(25)20-18(28-23(34)17-8-27-31-5-1-4-26-22(17)31)10-32(29-20)14-3-2-13(11-33)19(7-14)30-9-16-6-15(30)12-35-16/h1,4-5,8,10-11,13-16,19,21H,2-3,6-7,9,12H2,(H,28,34)/t13-,14+,15+,16+,19+/m0/s1. The van der Waals surface area contributed by atoms with Crippen molar-refractivity contribution < 1.29 is 23.1 Å². The molecule has 12 heteroatoms. The van der Waals surface area contributed by atoms with E-state index in [1.807, 2.05) is 0 Å². The molecule has 0 aromatic carbocycles. The Bertz CT molecular complexity index is 1260. The Kier molecular flexibility index (Phi) is 5.56. The molecule has 5 atom stereocenters. The van der Waals surface area contributed by atoms with Crippen LogP contribution in [-0.2, 0) is 9.53 Å². The summed E-state index contributed by atoms with van der Waals surface area (Å²) in [5, 5.41) is 10.8. The fourth-order valence-corrected chi connectivity index (χ4v) is 5.79. The van der Waals surface area contributed by atoms with Crippen LogP contribution in [0.4, 0.5) is 14.5 Å². The van der Waals surface area contributed by atoms with Gasteiger partial charge in [0.1, 0.15) is 11.8 Å². The number of hydrogen-bond donors (Lipinski definition) is 1. The predicted octanol–water partition coefficient (Wildman–Crippen LogP) is 2.50. The third-order valence-corrected chi connectivity index (χ3v) is 7.50. The molecular weight excluding hydrogens is 460 g/mol. The normalized spacial score (nSPS) is 28.7. The number of aromatic nitrogens is 5. The summed E-state index contributed by atoms with van der Waals surface area (Å²) in [6.45, 7) is 1.46. The zero-order valence-corrected chi connectivity index (χ0v) is 18.8. The monoisotopic (exact) mass is 485 g/mol. The van der Waals surface area contributed by atoms with E-state index in [1.54, 1.807) is 12.3 Å². The van der Waals surface area contributed by atoms with E-state index in [0.717, 1.165) is 19.3 Å². The van der Waals surface area contributed by atoms with Crippen molar-refractivity contribution in [2.45, 2.75) is 56.3 Å². The van der Waals surface area contributed by atoms with Crippen LogP contribution in [0.25, 0.3) is 5.65 Å². The molecule has 3 fully saturated rings. The Hall–Kier alpha value is -3.25. The lowest BCUT2D eigenvalue weighted by atomic mass is 9.81. The summed E-state index contributed by atoms with van der Waals surface area (Å²) >= 11 is 0. The molecule has 3 aromatic rings. The van der Waals surface area contributed by atoms with Crippen molar-refractivity contribution in [1.82, 2.24) is 29.3 Å². The van der Waals surface area contributed by atoms with Crippen LogP contribution in [-0.4, -0.2) is 72.8 Å². The first-order valence-corrected chi connectivity index (χ1v) is 11.8. The summed E-state index contributed by atoms with van der Waals surface area (Å²) in [6.07, 6.45) is 7.28. The highest BCUT2D eigenvalue weighted by molar-refractivity contribution is 6.08. The summed E-state index contributed by atoms with van der Waals surface area (Å²) in [7, 11) is 0.